The molecule has 4 N–H and O–H groups in total. The van der Waals surface area contributed by atoms with Crippen LogP contribution in [0.15, 0.2) is 45.8 Å². The van der Waals surface area contributed by atoms with E-state index in [0.29, 0.717) is 23.4 Å². The number of rotatable bonds is 7. The molecular weight excluding hydrogens is 482 g/mol. The van der Waals surface area contributed by atoms with Gasteiger partial charge in [-0.25, -0.2) is 8.78 Å². The van der Waals surface area contributed by atoms with Crippen LogP contribution in [0.2, 0.25) is 0 Å². The molecule has 1 atom stereocenters. The van der Waals surface area contributed by atoms with E-state index in [1.807, 2.05) is 0 Å². The van der Waals surface area contributed by atoms with Crippen LogP contribution >= 0.6 is 0 Å². The maximum Gasteiger partial charge on any atom is 0.293 e. The molecule has 3 heterocycles. The van der Waals surface area contributed by atoms with Crippen molar-refractivity contribution in [3.63, 3.8) is 0 Å². The van der Waals surface area contributed by atoms with Crippen molar-refractivity contribution in [1.29, 1.82) is 0 Å². The van der Waals surface area contributed by atoms with E-state index in [0.717, 1.165) is 0 Å². The Hall–Kier alpha value is -4.10. The zero-order valence-corrected chi connectivity index (χ0v) is 19.1. The number of carbonyl (C=O) groups excluding carboxylic acids is 1. The molecule has 13 heteroatoms. The van der Waals surface area contributed by atoms with Gasteiger partial charge in [0.05, 0.1) is 25.8 Å². The number of nitrogens with zero attached hydrogens (tertiary/aromatic N) is 3. The lowest BCUT2D eigenvalue weighted by Crippen LogP contribution is -2.33. The monoisotopic (exact) mass is 506 g/mol. The number of nitrogens with one attached hydrogen (secondary N) is 1. The zero-order valence-electron chi connectivity index (χ0n) is 19.1. The SMILES string of the molecule is CCNC(O)c1c(O)c2c(n(Cc3ccc(C(F)F)cc3)c1=O)CN(C(=O)c1ccno1)C2.O=CO. The summed E-state index contributed by atoms with van der Waals surface area (Å²) in [5.74, 6) is -0.857. The minimum absolute atomic E-state index is 0.00114. The van der Waals surface area contributed by atoms with Crippen molar-refractivity contribution in [1.82, 2.24) is 19.9 Å². The second-order valence-electron chi connectivity index (χ2n) is 7.72. The number of amides is 1. The average molecular weight is 506 g/mol. The molecule has 11 nitrogen and oxygen atoms in total. The molecule has 36 heavy (non-hydrogen) atoms. The number of pyridine rings is 1. The number of carbonyl (C=O) groups is 2. The molecule has 2 aromatic heterocycles. The van der Waals surface area contributed by atoms with E-state index >= 15 is 0 Å². The molecule has 0 radical (unpaired) electrons. The third kappa shape index (κ3) is 5.42. The molecule has 1 aromatic carbocycles. The van der Waals surface area contributed by atoms with Crippen molar-refractivity contribution in [3.8, 4) is 5.75 Å². The first-order chi connectivity index (χ1) is 17.2. The van der Waals surface area contributed by atoms with Crippen LogP contribution in [0.5, 0.6) is 5.75 Å². The van der Waals surface area contributed by atoms with Crippen LogP contribution in [0.25, 0.3) is 0 Å². The molecule has 192 valence electrons. The van der Waals surface area contributed by atoms with Gasteiger partial charge in [-0.3, -0.25) is 19.7 Å². The molecule has 1 unspecified atom stereocenters. The van der Waals surface area contributed by atoms with Crippen LogP contribution < -0.4 is 10.9 Å². The van der Waals surface area contributed by atoms with Crippen molar-refractivity contribution in [2.75, 3.05) is 6.54 Å². The molecule has 1 aliphatic rings. The van der Waals surface area contributed by atoms with Crippen LogP contribution in [0.4, 0.5) is 8.78 Å². The van der Waals surface area contributed by atoms with Gasteiger partial charge in [0.25, 0.3) is 24.4 Å². The largest absolute Gasteiger partial charge is 0.507 e. The van der Waals surface area contributed by atoms with Gasteiger partial charge in [0.2, 0.25) is 5.76 Å². The minimum atomic E-state index is -2.61. The maximum atomic E-state index is 13.3. The number of aliphatic hydroxyl groups is 1. The smallest absolute Gasteiger partial charge is 0.293 e. The molecule has 1 amide bonds. The summed E-state index contributed by atoms with van der Waals surface area (Å²) in [6.07, 6.45) is -2.71. The predicted octanol–water partition coefficient (Wildman–Crippen LogP) is 1.99. The van der Waals surface area contributed by atoms with Gasteiger partial charge in [0, 0.05) is 22.9 Å². The summed E-state index contributed by atoms with van der Waals surface area (Å²) < 4.78 is 32.1. The topological polar surface area (TPSA) is 158 Å². The maximum absolute atomic E-state index is 13.3. The third-order valence-corrected chi connectivity index (χ3v) is 5.56. The average Bonchev–Trinajstić information content (AvgIpc) is 3.53. The van der Waals surface area contributed by atoms with Gasteiger partial charge in [-0.2, -0.15) is 0 Å². The highest BCUT2D eigenvalue weighted by Gasteiger charge is 2.34. The summed E-state index contributed by atoms with van der Waals surface area (Å²) in [5, 5.41) is 34.4. The fourth-order valence-corrected chi connectivity index (χ4v) is 3.89. The van der Waals surface area contributed by atoms with E-state index in [1.165, 1.54) is 46.0 Å². The quantitative estimate of drug-likeness (QED) is 0.278. The molecular formula is C23H24F2N4O7. The summed E-state index contributed by atoms with van der Waals surface area (Å²) in [6.45, 7) is 1.81. The van der Waals surface area contributed by atoms with E-state index < -0.39 is 24.1 Å². The van der Waals surface area contributed by atoms with Crippen molar-refractivity contribution in [2.45, 2.75) is 39.2 Å². The fourth-order valence-electron chi connectivity index (χ4n) is 3.89. The van der Waals surface area contributed by atoms with Crippen molar-refractivity contribution >= 4 is 12.4 Å². The highest BCUT2D eigenvalue weighted by molar-refractivity contribution is 5.91. The van der Waals surface area contributed by atoms with Gasteiger partial charge in [-0.05, 0) is 12.1 Å². The van der Waals surface area contributed by atoms with Crippen LogP contribution in [0, 0.1) is 0 Å². The van der Waals surface area contributed by atoms with Gasteiger partial charge >= 0.3 is 0 Å². The van der Waals surface area contributed by atoms with Crippen molar-refractivity contribution in [2.24, 2.45) is 0 Å². The summed E-state index contributed by atoms with van der Waals surface area (Å²) >= 11 is 0. The molecule has 0 saturated carbocycles. The second kappa shape index (κ2) is 11.6. The van der Waals surface area contributed by atoms with Crippen LogP contribution in [-0.2, 0) is 24.4 Å². The normalized spacial score (nSPS) is 13.2. The summed E-state index contributed by atoms with van der Waals surface area (Å²) in [7, 11) is 0. The van der Waals surface area contributed by atoms with E-state index in [4.69, 9.17) is 14.4 Å². The first-order valence-electron chi connectivity index (χ1n) is 10.8. The molecule has 0 spiro atoms. The number of aromatic nitrogens is 2. The molecule has 4 rings (SSSR count). The molecule has 0 aliphatic carbocycles. The highest BCUT2D eigenvalue weighted by Crippen LogP contribution is 2.34. The number of aromatic hydroxyl groups is 1. The van der Waals surface area contributed by atoms with E-state index in [-0.39, 0.29) is 48.7 Å². The molecule has 0 fully saturated rings. The molecule has 0 bridgehead atoms. The lowest BCUT2D eigenvalue weighted by atomic mass is 10.1. The van der Waals surface area contributed by atoms with Crippen molar-refractivity contribution < 1.29 is 38.2 Å². The number of aliphatic hydroxyl groups excluding tert-OH is 1. The van der Waals surface area contributed by atoms with E-state index in [2.05, 4.69) is 10.5 Å². The summed E-state index contributed by atoms with van der Waals surface area (Å²) in [4.78, 5) is 35.8. The number of alkyl halides is 2. The van der Waals surface area contributed by atoms with Gasteiger partial charge < -0.3 is 29.3 Å². The summed E-state index contributed by atoms with van der Waals surface area (Å²) in [6, 6.07) is 6.93. The Morgan fingerprint density at radius 3 is 2.47 bits per heavy atom. The Morgan fingerprint density at radius 1 is 1.25 bits per heavy atom. The zero-order chi connectivity index (χ0) is 26.4. The van der Waals surface area contributed by atoms with Crippen LogP contribution in [-0.4, -0.2) is 48.9 Å². The van der Waals surface area contributed by atoms with Gasteiger partial charge in [-0.1, -0.05) is 36.3 Å². The van der Waals surface area contributed by atoms with Gasteiger partial charge in [-0.15, -0.1) is 0 Å². The highest BCUT2D eigenvalue weighted by atomic mass is 19.3. The van der Waals surface area contributed by atoms with E-state index in [1.54, 1.807) is 6.92 Å². The van der Waals surface area contributed by atoms with Crippen LogP contribution in [0.1, 0.15) is 58.1 Å². The lowest BCUT2D eigenvalue weighted by Gasteiger charge is -2.19. The van der Waals surface area contributed by atoms with Crippen molar-refractivity contribution in [3.05, 3.63) is 80.6 Å². The number of carboxylic acid groups (broad SMARTS) is 1. The number of hydrogen-bond acceptors (Lipinski definition) is 8. The number of fused-ring (bicyclic) bond motifs is 1. The Balaban J connectivity index is 0.00000115. The minimum Gasteiger partial charge on any atom is -0.507 e. The second-order valence-corrected chi connectivity index (χ2v) is 7.72. The van der Waals surface area contributed by atoms with Gasteiger partial charge in [0.15, 0.2) is 0 Å². The Bertz CT molecular complexity index is 1260. The van der Waals surface area contributed by atoms with Gasteiger partial charge in [0.1, 0.15) is 17.5 Å². The predicted molar refractivity (Wildman–Crippen MR) is 120 cm³/mol. The van der Waals surface area contributed by atoms with E-state index in [9.17, 15) is 28.6 Å². The first kappa shape index (κ1) is 26.5. The molecule has 3 aromatic rings. The van der Waals surface area contributed by atoms with Crippen LogP contribution in [0.3, 0.4) is 0 Å². The Kier molecular flexibility index (Phi) is 8.51. The summed E-state index contributed by atoms with van der Waals surface area (Å²) in [5.41, 5.74) is 0.238. The first-order valence-corrected chi connectivity index (χ1v) is 10.8. The lowest BCUT2D eigenvalue weighted by molar-refractivity contribution is -0.122. The Labute approximate surface area is 203 Å². The molecule has 0 saturated heterocycles. The molecule has 1 aliphatic heterocycles. The number of hydrogen-bond donors (Lipinski definition) is 4. The Morgan fingerprint density at radius 2 is 1.92 bits per heavy atom. The third-order valence-electron chi connectivity index (χ3n) is 5.56. The standard InChI is InChI=1S/C22H22F2N4O5.CH2O2/c1-2-25-20(30)17-18(29)14-10-27(21(31)16-7-8-26-33-16)11-15(14)28(22(17)32)9-12-3-5-13(6-4-12)19(23)24;2-1-3/h3-8,19-20,25,29-30H,2,9-11H2,1H3;1H,(H,2,3). The number of halogens is 2. The fraction of sp³-hybridized carbons (Fsp3) is 0.304. The number of benzene rings is 1.